The number of rotatable bonds is 6. The molecule has 2 N–H and O–H groups in total. The number of amides is 2. The Kier molecular flexibility index (Phi) is 5.66. The van der Waals surface area contributed by atoms with E-state index in [4.69, 9.17) is 0 Å². The van der Waals surface area contributed by atoms with Gasteiger partial charge >= 0.3 is 12.1 Å². The summed E-state index contributed by atoms with van der Waals surface area (Å²) >= 11 is 0. The molecule has 126 valence electrons. The van der Waals surface area contributed by atoms with Gasteiger partial charge in [-0.3, -0.25) is 9.59 Å². The predicted octanol–water partition coefficient (Wildman–Crippen LogP) is 0.903. The summed E-state index contributed by atoms with van der Waals surface area (Å²) in [6, 6.07) is 0. The summed E-state index contributed by atoms with van der Waals surface area (Å²) in [4.78, 5) is 23.5. The third kappa shape index (κ3) is 5.47. The summed E-state index contributed by atoms with van der Waals surface area (Å²) in [5.74, 6) is -1.01. The van der Waals surface area contributed by atoms with Crippen molar-refractivity contribution in [3.8, 4) is 0 Å². The molecule has 5 nitrogen and oxygen atoms in total. The van der Waals surface area contributed by atoms with Gasteiger partial charge < -0.3 is 15.5 Å². The van der Waals surface area contributed by atoms with Crippen molar-refractivity contribution in [3.63, 3.8) is 0 Å². The summed E-state index contributed by atoms with van der Waals surface area (Å²) in [7, 11) is 0. The first-order valence-corrected chi connectivity index (χ1v) is 7.69. The molecule has 22 heavy (non-hydrogen) atoms. The number of nitrogens with zero attached hydrogens (tertiary/aromatic N) is 1. The van der Waals surface area contributed by atoms with Crippen molar-refractivity contribution in [2.45, 2.75) is 31.9 Å². The zero-order valence-corrected chi connectivity index (χ0v) is 12.4. The lowest BCUT2D eigenvalue weighted by atomic mass is 9.96. The fourth-order valence-electron chi connectivity index (χ4n) is 2.55. The molecule has 1 aliphatic heterocycles. The van der Waals surface area contributed by atoms with E-state index in [0.717, 1.165) is 11.4 Å². The number of carbonyl (C=O) groups is 2. The van der Waals surface area contributed by atoms with Crippen molar-refractivity contribution in [3.05, 3.63) is 0 Å². The third-order valence-electron chi connectivity index (χ3n) is 4.15. The van der Waals surface area contributed by atoms with Gasteiger partial charge in [0.2, 0.25) is 5.91 Å². The van der Waals surface area contributed by atoms with E-state index in [1.807, 2.05) is 0 Å². The largest absolute Gasteiger partial charge is 0.471 e. The molecule has 0 bridgehead atoms. The third-order valence-corrected chi connectivity index (χ3v) is 4.15. The van der Waals surface area contributed by atoms with E-state index < -0.39 is 12.1 Å². The molecule has 1 saturated carbocycles. The molecule has 8 heteroatoms. The van der Waals surface area contributed by atoms with Crippen LogP contribution in [0.4, 0.5) is 13.2 Å². The monoisotopic (exact) mass is 321 g/mol. The Morgan fingerprint density at radius 2 is 1.59 bits per heavy atom. The lowest BCUT2D eigenvalue weighted by molar-refractivity contribution is -0.186. The fourth-order valence-corrected chi connectivity index (χ4v) is 2.55. The molecule has 0 unspecified atom stereocenters. The molecule has 2 fully saturated rings. The van der Waals surface area contributed by atoms with Gasteiger partial charge in [0.15, 0.2) is 0 Å². The molecule has 0 atom stereocenters. The number of likely N-dealkylation sites (tertiary alicyclic amines) is 1. The van der Waals surface area contributed by atoms with Crippen LogP contribution >= 0.6 is 0 Å². The van der Waals surface area contributed by atoms with E-state index in [0.29, 0.717) is 25.3 Å². The highest BCUT2D eigenvalue weighted by Crippen LogP contribution is 2.27. The maximum atomic E-state index is 12.3. The highest BCUT2D eigenvalue weighted by Gasteiger charge is 2.43. The van der Waals surface area contributed by atoms with Crippen LogP contribution in [0.2, 0.25) is 0 Å². The highest BCUT2D eigenvalue weighted by molar-refractivity contribution is 5.82. The fraction of sp³-hybridized carbons (Fsp3) is 0.857. The summed E-state index contributed by atoms with van der Waals surface area (Å²) in [6.45, 7) is 1.79. The number of hydrogen-bond acceptors (Lipinski definition) is 3. The van der Waals surface area contributed by atoms with Crippen molar-refractivity contribution >= 4 is 11.8 Å². The topological polar surface area (TPSA) is 61.4 Å². The maximum absolute atomic E-state index is 12.3. The van der Waals surface area contributed by atoms with Crippen molar-refractivity contribution in [1.82, 2.24) is 15.5 Å². The van der Waals surface area contributed by atoms with E-state index in [2.05, 4.69) is 10.6 Å². The lowest BCUT2D eigenvalue weighted by Crippen LogP contribution is -2.47. The van der Waals surface area contributed by atoms with Crippen molar-refractivity contribution in [1.29, 1.82) is 0 Å². The van der Waals surface area contributed by atoms with E-state index in [9.17, 15) is 22.8 Å². The molecule has 2 amide bonds. The van der Waals surface area contributed by atoms with Gasteiger partial charge in [0.1, 0.15) is 0 Å². The van der Waals surface area contributed by atoms with Crippen molar-refractivity contribution in [2.24, 2.45) is 11.8 Å². The zero-order chi connectivity index (χ0) is 16.2. The van der Waals surface area contributed by atoms with E-state index in [1.54, 1.807) is 0 Å². The van der Waals surface area contributed by atoms with Gasteiger partial charge in [-0.2, -0.15) is 13.2 Å². The first kappa shape index (κ1) is 17.1. The van der Waals surface area contributed by atoms with Crippen LogP contribution in [0, 0.1) is 11.8 Å². The average molecular weight is 321 g/mol. The van der Waals surface area contributed by atoms with E-state index >= 15 is 0 Å². The molecule has 2 rings (SSSR count). The quantitative estimate of drug-likeness (QED) is 0.764. The summed E-state index contributed by atoms with van der Waals surface area (Å²) in [5, 5.41) is 5.88. The molecular formula is C14H22F3N3O2. The number of carbonyl (C=O) groups excluding carboxylic acids is 2. The smallest absolute Gasteiger partial charge is 0.355 e. The van der Waals surface area contributed by atoms with Gasteiger partial charge in [-0.05, 0) is 44.1 Å². The number of nitrogens with one attached hydrogen (secondary N) is 2. The standard InChI is InChI=1S/C14H22F3N3O2/c15-14(16,17)13(22)20-5-3-11(4-6-20)8-19-12(21)9-18-7-10-1-2-10/h10-11,18H,1-9H2,(H,19,21). The zero-order valence-electron chi connectivity index (χ0n) is 12.4. The predicted molar refractivity (Wildman–Crippen MR) is 74.0 cm³/mol. The van der Waals surface area contributed by atoms with Gasteiger partial charge in [-0.25, -0.2) is 0 Å². The van der Waals surface area contributed by atoms with Crippen LogP contribution in [0.3, 0.4) is 0 Å². The second-order valence-electron chi connectivity index (χ2n) is 6.11. The van der Waals surface area contributed by atoms with Gasteiger partial charge in [0.05, 0.1) is 6.54 Å². The molecule has 2 aliphatic rings. The highest BCUT2D eigenvalue weighted by atomic mass is 19.4. The molecule has 0 aromatic heterocycles. The molecular weight excluding hydrogens is 299 g/mol. The molecule has 0 radical (unpaired) electrons. The second kappa shape index (κ2) is 7.30. The molecule has 1 saturated heterocycles. The summed E-state index contributed by atoms with van der Waals surface area (Å²) < 4.78 is 36.9. The minimum absolute atomic E-state index is 0.0885. The molecule has 1 heterocycles. The van der Waals surface area contributed by atoms with Gasteiger partial charge in [-0.1, -0.05) is 0 Å². The van der Waals surface area contributed by atoms with Gasteiger partial charge in [-0.15, -0.1) is 0 Å². The maximum Gasteiger partial charge on any atom is 0.471 e. The van der Waals surface area contributed by atoms with Gasteiger partial charge in [0, 0.05) is 19.6 Å². The molecule has 0 aromatic rings. The first-order valence-electron chi connectivity index (χ1n) is 7.69. The number of halogens is 3. The Morgan fingerprint density at radius 1 is 1.00 bits per heavy atom. The number of piperidine rings is 1. The van der Waals surface area contributed by atoms with Gasteiger partial charge in [0.25, 0.3) is 0 Å². The number of hydrogen-bond donors (Lipinski definition) is 2. The summed E-state index contributed by atoms with van der Waals surface area (Å²) in [6.07, 6.45) is -1.38. The van der Waals surface area contributed by atoms with Crippen LogP contribution in [0.15, 0.2) is 0 Å². The normalized spacial score (nSPS) is 20.0. The van der Waals surface area contributed by atoms with Crippen LogP contribution < -0.4 is 10.6 Å². The Balaban J connectivity index is 1.58. The van der Waals surface area contributed by atoms with E-state index in [1.165, 1.54) is 12.8 Å². The Hall–Kier alpha value is -1.31. The SMILES string of the molecule is O=C(CNCC1CC1)NCC1CCN(C(=O)C(F)(F)F)CC1. The van der Waals surface area contributed by atoms with Crippen molar-refractivity contribution < 1.29 is 22.8 Å². The van der Waals surface area contributed by atoms with Crippen LogP contribution in [0.1, 0.15) is 25.7 Å². The van der Waals surface area contributed by atoms with Crippen LogP contribution in [0.5, 0.6) is 0 Å². The molecule has 0 aromatic carbocycles. The lowest BCUT2D eigenvalue weighted by Gasteiger charge is -2.32. The van der Waals surface area contributed by atoms with Crippen molar-refractivity contribution in [2.75, 3.05) is 32.7 Å². The molecule has 1 aliphatic carbocycles. The minimum Gasteiger partial charge on any atom is -0.355 e. The Bertz CT molecular complexity index is 403. The molecule has 0 spiro atoms. The summed E-state index contributed by atoms with van der Waals surface area (Å²) in [5.41, 5.74) is 0. The van der Waals surface area contributed by atoms with E-state index in [-0.39, 0.29) is 31.5 Å². The average Bonchev–Trinajstić information content (AvgIpc) is 3.28. The second-order valence-corrected chi connectivity index (χ2v) is 6.11. The minimum atomic E-state index is -4.80. The van der Waals surface area contributed by atoms with Crippen LogP contribution in [-0.4, -0.2) is 55.6 Å². The Morgan fingerprint density at radius 3 is 2.14 bits per heavy atom. The number of alkyl halides is 3. The Labute approximate surface area is 127 Å². The van der Waals surface area contributed by atoms with Crippen LogP contribution in [0.25, 0.3) is 0 Å². The van der Waals surface area contributed by atoms with Crippen LogP contribution in [-0.2, 0) is 9.59 Å². The first-order chi connectivity index (χ1) is 10.4.